The van der Waals surface area contributed by atoms with Crippen LogP contribution in [0.1, 0.15) is 0 Å². The number of nitrogen functional groups attached to an aromatic ring is 1. The topological polar surface area (TPSA) is 35.2 Å². The van der Waals surface area contributed by atoms with E-state index in [0.29, 0.717) is 16.7 Å². The van der Waals surface area contributed by atoms with Gasteiger partial charge in [-0.25, -0.2) is 4.39 Å². The lowest BCUT2D eigenvalue weighted by molar-refractivity contribution is 0.416. The number of anilines is 1. The molecule has 0 amide bonds. The largest absolute Gasteiger partial charge is 0.495 e. The summed E-state index contributed by atoms with van der Waals surface area (Å²) in [4.78, 5) is 0. The summed E-state index contributed by atoms with van der Waals surface area (Å²) >= 11 is 0. The molecular weight excluding hydrogens is 188 g/mol. The Hall–Kier alpha value is -0.820. The van der Waals surface area contributed by atoms with Crippen molar-refractivity contribution in [3.8, 4) is 5.75 Å². The number of halogens is 1. The van der Waals surface area contributed by atoms with Gasteiger partial charge in [0.05, 0.1) is 12.8 Å². The van der Waals surface area contributed by atoms with E-state index < -0.39 is 7.92 Å². The Labute approximate surface area is 78.6 Å². The van der Waals surface area contributed by atoms with Gasteiger partial charge in [-0.2, -0.15) is 0 Å². The molecule has 2 N–H and O–H groups in total. The van der Waals surface area contributed by atoms with Gasteiger partial charge in [0.15, 0.2) is 0 Å². The molecule has 0 aliphatic rings. The SMILES string of the molecule is COc1cc(P(C)C)c(F)cc1N. The van der Waals surface area contributed by atoms with E-state index in [9.17, 15) is 4.39 Å². The second-order valence-corrected chi connectivity index (χ2v) is 5.21. The maximum Gasteiger partial charge on any atom is 0.142 e. The van der Waals surface area contributed by atoms with E-state index in [1.165, 1.54) is 13.2 Å². The van der Waals surface area contributed by atoms with Gasteiger partial charge >= 0.3 is 0 Å². The molecule has 1 aromatic carbocycles. The zero-order chi connectivity index (χ0) is 10.0. The van der Waals surface area contributed by atoms with Gasteiger partial charge in [-0.3, -0.25) is 0 Å². The van der Waals surface area contributed by atoms with Crippen LogP contribution in [0.5, 0.6) is 5.75 Å². The first-order chi connectivity index (χ1) is 6.06. The van der Waals surface area contributed by atoms with E-state index in [-0.39, 0.29) is 5.82 Å². The fraction of sp³-hybridized carbons (Fsp3) is 0.333. The lowest BCUT2D eigenvalue weighted by Crippen LogP contribution is -2.08. The average molecular weight is 201 g/mol. The Kier molecular flexibility index (Phi) is 3.10. The molecule has 0 aromatic heterocycles. The minimum Gasteiger partial charge on any atom is -0.495 e. The molecule has 0 bridgehead atoms. The number of methoxy groups -OCH3 is 1. The van der Waals surface area contributed by atoms with E-state index in [0.717, 1.165) is 0 Å². The number of nitrogens with two attached hydrogens (primary N) is 1. The lowest BCUT2D eigenvalue weighted by Gasteiger charge is -2.11. The Morgan fingerprint density at radius 2 is 2.00 bits per heavy atom. The Balaban J connectivity index is 3.22. The molecule has 0 heterocycles. The van der Waals surface area contributed by atoms with Crippen molar-refractivity contribution in [2.45, 2.75) is 0 Å². The summed E-state index contributed by atoms with van der Waals surface area (Å²) in [7, 11) is 1.07. The molecule has 0 aliphatic heterocycles. The third-order valence-corrected chi connectivity index (χ3v) is 3.09. The van der Waals surface area contributed by atoms with Crippen LogP contribution in [0.3, 0.4) is 0 Å². The highest BCUT2D eigenvalue weighted by atomic mass is 31.1. The first-order valence-electron chi connectivity index (χ1n) is 3.86. The molecule has 0 atom stereocenters. The third-order valence-electron chi connectivity index (χ3n) is 1.78. The Morgan fingerprint density at radius 1 is 1.38 bits per heavy atom. The van der Waals surface area contributed by atoms with Crippen molar-refractivity contribution in [1.29, 1.82) is 0 Å². The zero-order valence-electron chi connectivity index (χ0n) is 7.97. The highest BCUT2D eigenvalue weighted by molar-refractivity contribution is 7.64. The van der Waals surface area contributed by atoms with Gasteiger partial charge in [-0.15, -0.1) is 0 Å². The first-order valence-corrected chi connectivity index (χ1v) is 6.10. The molecule has 4 heteroatoms. The molecule has 72 valence electrons. The standard InChI is InChI=1S/C9H13FNOP/c1-12-8-5-9(13(2)3)6(10)4-7(8)11/h4-5H,11H2,1-3H3. The van der Waals surface area contributed by atoms with E-state index in [1.54, 1.807) is 6.07 Å². The second kappa shape index (κ2) is 3.93. The fourth-order valence-corrected chi connectivity index (χ4v) is 1.94. The van der Waals surface area contributed by atoms with Gasteiger partial charge in [0, 0.05) is 11.4 Å². The van der Waals surface area contributed by atoms with E-state index >= 15 is 0 Å². The van der Waals surface area contributed by atoms with Crippen molar-refractivity contribution in [3.05, 3.63) is 17.9 Å². The zero-order valence-corrected chi connectivity index (χ0v) is 8.86. The molecule has 0 saturated heterocycles. The van der Waals surface area contributed by atoms with Crippen molar-refractivity contribution in [2.24, 2.45) is 0 Å². The van der Waals surface area contributed by atoms with Gasteiger partial charge in [-0.05, 0) is 19.4 Å². The molecule has 0 unspecified atom stereocenters. The van der Waals surface area contributed by atoms with Gasteiger partial charge in [0.1, 0.15) is 11.6 Å². The van der Waals surface area contributed by atoms with Gasteiger partial charge < -0.3 is 10.5 Å². The number of ether oxygens (including phenoxy) is 1. The molecule has 2 nitrogen and oxygen atoms in total. The van der Waals surface area contributed by atoms with Gasteiger partial charge in [-0.1, -0.05) is 7.92 Å². The van der Waals surface area contributed by atoms with Gasteiger partial charge in [0.2, 0.25) is 0 Å². The Morgan fingerprint density at radius 3 is 2.46 bits per heavy atom. The number of hydrogen-bond donors (Lipinski definition) is 1. The van der Waals surface area contributed by atoms with Crippen molar-refractivity contribution >= 4 is 18.9 Å². The highest BCUT2D eigenvalue weighted by Crippen LogP contribution is 2.30. The predicted octanol–water partition coefficient (Wildman–Crippen LogP) is 1.78. The smallest absolute Gasteiger partial charge is 0.142 e. The minimum atomic E-state index is -0.461. The number of rotatable bonds is 2. The summed E-state index contributed by atoms with van der Waals surface area (Å²) in [6.45, 7) is 3.98. The van der Waals surface area contributed by atoms with Crippen LogP contribution in [0.4, 0.5) is 10.1 Å². The summed E-state index contributed by atoms with van der Waals surface area (Å²) in [6, 6.07) is 2.99. The van der Waals surface area contributed by atoms with Crippen molar-refractivity contribution in [1.82, 2.24) is 0 Å². The molecule has 1 rings (SSSR count). The van der Waals surface area contributed by atoms with Crippen LogP contribution < -0.4 is 15.8 Å². The lowest BCUT2D eigenvalue weighted by atomic mass is 10.3. The maximum absolute atomic E-state index is 13.3. The summed E-state index contributed by atoms with van der Waals surface area (Å²) in [5.74, 6) is 0.307. The molecule has 0 spiro atoms. The van der Waals surface area contributed by atoms with Crippen LogP contribution in [-0.2, 0) is 0 Å². The monoisotopic (exact) mass is 201 g/mol. The summed E-state index contributed by atoms with van der Waals surface area (Å²) < 4.78 is 18.3. The predicted molar refractivity (Wildman–Crippen MR) is 55.8 cm³/mol. The van der Waals surface area contributed by atoms with Crippen LogP contribution >= 0.6 is 7.92 Å². The normalized spacial score (nSPS) is 10.5. The summed E-state index contributed by atoms with van der Waals surface area (Å²) in [5.41, 5.74) is 5.89. The quantitative estimate of drug-likeness (QED) is 0.584. The second-order valence-electron chi connectivity index (χ2n) is 2.94. The fourth-order valence-electron chi connectivity index (χ4n) is 1.08. The first kappa shape index (κ1) is 10.3. The van der Waals surface area contributed by atoms with Gasteiger partial charge in [0.25, 0.3) is 0 Å². The maximum atomic E-state index is 13.3. The van der Waals surface area contributed by atoms with Crippen LogP contribution in [0.25, 0.3) is 0 Å². The highest BCUT2D eigenvalue weighted by Gasteiger charge is 2.10. The minimum absolute atomic E-state index is 0.241. The number of hydrogen-bond acceptors (Lipinski definition) is 2. The molecule has 0 aliphatic carbocycles. The third kappa shape index (κ3) is 2.10. The number of benzene rings is 1. The van der Waals surface area contributed by atoms with Crippen LogP contribution in [0, 0.1) is 5.82 Å². The van der Waals surface area contributed by atoms with Crippen LogP contribution in [-0.4, -0.2) is 20.4 Å². The molecule has 0 saturated carbocycles. The van der Waals surface area contributed by atoms with Crippen molar-refractivity contribution in [3.63, 3.8) is 0 Å². The van der Waals surface area contributed by atoms with Crippen molar-refractivity contribution < 1.29 is 9.13 Å². The average Bonchev–Trinajstić information content (AvgIpc) is 2.03. The van der Waals surface area contributed by atoms with Crippen molar-refractivity contribution in [2.75, 3.05) is 26.2 Å². The summed E-state index contributed by atoms with van der Waals surface area (Å²) in [6.07, 6.45) is 0. The van der Waals surface area contributed by atoms with E-state index in [2.05, 4.69) is 0 Å². The Bertz CT molecular complexity index is 315. The van der Waals surface area contributed by atoms with Crippen LogP contribution in [0.15, 0.2) is 12.1 Å². The molecular formula is C9H13FNOP. The van der Waals surface area contributed by atoms with E-state index in [4.69, 9.17) is 10.5 Å². The summed E-state index contributed by atoms with van der Waals surface area (Å²) in [5, 5.41) is 0.695. The molecule has 0 fully saturated rings. The molecule has 13 heavy (non-hydrogen) atoms. The van der Waals surface area contributed by atoms with Crippen LogP contribution in [0.2, 0.25) is 0 Å². The molecule has 1 aromatic rings. The van der Waals surface area contributed by atoms with E-state index in [1.807, 2.05) is 13.3 Å². The molecule has 0 radical (unpaired) electrons.